The fourth-order valence-corrected chi connectivity index (χ4v) is 4.82. The molecule has 1 aromatic carbocycles. The van der Waals surface area contributed by atoms with Gasteiger partial charge in [0.1, 0.15) is 0 Å². The van der Waals surface area contributed by atoms with Crippen LogP contribution in [0.4, 0.5) is 4.79 Å². The molecule has 3 rings (SSSR count). The Balaban J connectivity index is 1.48. The van der Waals surface area contributed by atoms with Crippen LogP contribution in [0.2, 0.25) is 0 Å². The number of hydrogen-bond donors (Lipinski definition) is 1. The summed E-state index contributed by atoms with van der Waals surface area (Å²) in [6.07, 6.45) is 6.17. The second-order valence-electron chi connectivity index (χ2n) is 8.55. The zero-order chi connectivity index (χ0) is 21.8. The van der Waals surface area contributed by atoms with Gasteiger partial charge in [-0.15, -0.1) is 0 Å². The van der Waals surface area contributed by atoms with Gasteiger partial charge in [0.25, 0.3) is 0 Å². The van der Waals surface area contributed by atoms with Crippen molar-refractivity contribution in [3.63, 3.8) is 0 Å². The number of imidazole rings is 1. The summed E-state index contributed by atoms with van der Waals surface area (Å²) < 4.78 is 29.3. The molecule has 2 heterocycles. The van der Waals surface area contributed by atoms with Crippen molar-refractivity contribution in [3.05, 3.63) is 48.5 Å². The topological polar surface area (TPSA) is 87.5 Å². The molecule has 0 bridgehead atoms. The number of nitrogens with zero attached hydrogens (tertiary/aromatic N) is 4. The van der Waals surface area contributed by atoms with Crippen molar-refractivity contribution in [2.24, 2.45) is 0 Å². The van der Waals surface area contributed by atoms with Gasteiger partial charge in [0.15, 0.2) is 0 Å². The molecule has 1 aromatic heterocycles. The summed E-state index contributed by atoms with van der Waals surface area (Å²) >= 11 is 0. The zero-order valence-electron chi connectivity index (χ0n) is 17.9. The fourth-order valence-electron chi connectivity index (χ4n) is 3.40. The monoisotopic (exact) mass is 433 g/mol. The third-order valence-corrected chi connectivity index (χ3v) is 7.23. The number of sulfonamides is 1. The van der Waals surface area contributed by atoms with Crippen LogP contribution in [0.1, 0.15) is 32.8 Å². The molecule has 0 radical (unpaired) electrons. The zero-order valence-corrected chi connectivity index (χ0v) is 18.7. The predicted octanol–water partition coefficient (Wildman–Crippen LogP) is 2.29. The number of piperazine rings is 1. The third kappa shape index (κ3) is 5.40. The minimum Gasteiger partial charge on any atom is -0.338 e. The fraction of sp³-hybridized carbons (Fsp3) is 0.524. The molecule has 1 aliphatic heterocycles. The van der Waals surface area contributed by atoms with Crippen molar-refractivity contribution >= 4 is 16.1 Å². The van der Waals surface area contributed by atoms with E-state index >= 15 is 0 Å². The molecule has 30 heavy (non-hydrogen) atoms. The van der Waals surface area contributed by atoms with Gasteiger partial charge in [0.2, 0.25) is 10.0 Å². The van der Waals surface area contributed by atoms with Crippen molar-refractivity contribution in [2.45, 2.75) is 44.0 Å². The Morgan fingerprint density at radius 1 is 1.10 bits per heavy atom. The quantitative estimate of drug-likeness (QED) is 0.708. The lowest BCUT2D eigenvalue weighted by atomic mass is 9.87. The number of aromatic nitrogens is 2. The Morgan fingerprint density at radius 3 is 2.33 bits per heavy atom. The van der Waals surface area contributed by atoms with E-state index in [2.05, 4.69) is 31.1 Å². The average Bonchev–Trinajstić information content (AvgIpc) is 3.24. The number of rotatable bonds is 6. The van der Waals surface area contributed by atoms with Gasteiger partial charge >= 0.3 is 6.03 Å². The van der Waals surface area contributed by atoms with Gasteiger partial charge < -0.3 is 14.8 Å². The highest BCUT2D eigenvalue weighted by Gasteiger charge is 2.30. The van der Waals surface area contributed by atoms with Crippen molar-refractivity contribution < 1.29 is 13.2 Å². The Kier molecular flexibility index (Phi) is 6.82. The van der Waals surface area contributed by atoms with Gasteiger partial charge in [0, 0.05) is 51.7 Å². The molecular weight excluding hydrogens is 402 g/mol. The number of aryl methyl sites for hydroxylation is 1. The smallest absolute Gasteiger partial charge is 0.317 e. The molecule has 0 saturated carbocycles. The maximum Gasteiger partial charge on any atom is 0.317 e. The van der Waals surface area contributed by atoms with E-state index in [9.17, 15) is 13.2 Å². The van der Waals surface area contributed by atoms with Crippen LogP contribution in [0.3, 0.4) is 0 Å². The summed E-state index contributed by atoms with van der Waals surface area (Å²) in [7, 11) is -3.55. The van der Waals surface area contributed by atoms with Crippen LogP contribution >= 0.6 is 0 Å². The highest BCUT2D eigenvalue weighted by atomic mass is 32.2. The first-order chi connectivity index (χ1) is 14.2. The number of nitrogens with one attached hydrogen (secondary N) is 1. The molecule has 0 aliphatic carbocycles. The lowest BCUT2D eigenvalue weighted by Gasteiger charge is -2.34. The normalized spacial score (nSPS) is 15.9. The van der Waals surface area contributed by atoms with E-state index in [1.54, 1.807) is 29.6 Å². The average molecular weight is 434 g/mol. The van der Waals surface area contributed by atoms with Crippen LogP contribution in [0.15, 0.2) is 47.9 Å². The highest BCUT2D eigenvalue weighted by molar-refractivity contribution is 7.89. The van der Waals surface area contributed by atoms with E-state index in [1.165, 1.54) is 4.31 Å². The molecule has 0 unspecified atom stereocenters. The molecule has 1 saturated heterocycles. The first-order valence-electron chi connectivity index (χ1n) is 10.3. The molecule has 8 nitrogen and oxygen atoms in total. The Hall–Kier alpha value is -2.39. The van der Waals surface area contributed by atoms with Gasteiger partial charge in [-0.3, -0.25) is 0 Å². The van der Waals surface area contributed by atoms with Gasteiger partial charge in [-0.05, 0) is 29.5 Å². The molecule has 0 atom stereocenters. The highest BCUT2D eigenvalue weighted by Crippen LogP contribution is 2.25. The van der Waals surface area contributed by atoms with Crippen molar-refractivity contribution in [1.29, 1.82) is 0 Å². The summed E-state index contributed by atoms with van der Waals surface area (Å²) in [6.45, 7) is 9.00. The van der Waals surface area contributed by atoms with E-state index in [4.69, 9.17) is 0 Å². The van der Waals surface area contributed by atoms with Crippen molar-refractivity contribution in [3.8, 4) is 0 Å². The number of urea groups is 1. The summed E-state index contributed by atoms with van der Waals surface area (Å²) in [5.41, 5.74) is 1.07. The molecule has 2 amide bonds. The first kappa shape index (κ1) is 22.3. The maximum atomic E-state index is 12.9. The lowest BCUT2D eigenvalue weighted by molar-refractivity contribution is 0.172. The maximum absolute atomic E-state index is 12.9. The molecular formula is C21H31N5O3S. The number of benzene rings is 1. The third-order valence-electron chi connectivity index (χ3n) is 5.31. The molecule has 164 valence electrons. The van der Waals surface area contributed by atoms with Crippen LogP contribution in [-0.4, -0.2) is 65.9 Å². The van der Waals surface area contributed by atoms with E-state index < -0.39 is 10.0 Å². The van der Waals surface area contributed by atoms with Crippen LogP contribution in [0.5, 0.6) is 0 Å². The van der Waals surface area contributed by atoms with Gasteiger partial charge in [-0.2, -0.15) is 4.31 Å². The molecule has 0 spiro atoms. The number of amides is 2. The van der Waals surface area contributed by atoms with Gasteiger partial charge in [-0.1, -0.05) is 32.9 Å². The van der Waals surface area contributed by atoms with Crippen LogP contribution in [-0.2, 0) is 22.0 Å². The Bertz CT molecular complexity index is 926. The largest absolute Gasteiger partial charge is 0.338 e. The molecule has 9 heteroatoms. The SMILES string of the molecule is CC(C)(C)c1ccc(S(=O)(=O)N2CCN(C(=O)NCCCn3ccnc3)CC2)cc1. The second kappa shape index (κ2) is 9.18. The van der Waals surface area contributed by atoms with E-state index in [0.29, 0.717) is 37.6 Å². The lowest BCUT2D eigenvalue weighted by Crippen LogP contribution is -2.53. The summed E-state index contributed by atoms with van der Waals surface area (Å²) in [5, 5.41) is 2.91. The second-order valence-corrected chi connectivity index (χ2v) is 10.5. The van der Waals surface area contributed by atoms with Crippen LogP contribution < -0.4 is 5.32 Å². The minimum absolute atomic E-state index is 0.0277. The Morgan fingerprint density at radius 2 is 1.77 bits per heavy atom. The van der Waals surface area contributed by atoms with E-state index in [1.807, 2.05) is 22.9 Å². The van der Waals surface area contributed by atoms with Crippen molar-refractivity contribution in [1.82, 2.24) is 24.1 Å². The van der Waals surface area contributed by atoms with E-state index in [-0.39, 0.29) is 11.4 Å². The Labute approximate surface area is 178 Å². The standard InChI is InChI=1S/C21H31N5O3S/c1-21(2,3)18-5-7-19(8-6-18)30(28,29)26-15-13-25(14-16-26)20(27)23-9-4-11-24-12-10-22-17-24/h5-8,10,12,17H,4,9,11,13-16H2,1-3H3,(H,23,27). The van der Waals surface area contributed by atoms with Crippen molar-refractivity contribution in [2.75, 3.05) is 32.7 Å². The molecule has 1 fully saturated rings. The van der Waals surface area contributed by atoms with Gasteiger partial charge in [-0.25, -0.2) is 18.2 Å². The molecule has 1 aliphatic rings. The summed E-state index contributed by atoms with van der Waals surface area (Å²) in [6, 6.07) is 6.96. The minimum atomic E-state index is -3.55. The predicted molar refractivity (Wildman–Crippen MR) is 116 cm³/mol. The summed E-state index contributed by atoms with van der Waals surface area (Å²) in [4.78, 5) is 18.3. The molecule has 1 N–H and O–H groups in total. The van der Waals surface area contributed by atoms with Crippen LogP contribution in [0, 0.1) is 0 Å². The number of hydrogen-bond acceptors (Lipinski definition) is 4. The van der Waals surface area contributed by atoms with Crippen LogP contribution in [0.25, 0.3) is 0 Å². The van der Waals surface area contributed by atoms with Gasteiger partial charge in [0.05, 0.1) is 11.2 Å². The number of carbonyl (C=O) groups is 1. The summed E-state index contributed by atoms with van der Waals surface area (Å²) in [5.74, 6) is 0. The number of carbonyl (C=O) groups excluding carboxylic acids is 1. The van der Waals surface area contributed by atoms with E-state index in [0.717, 1.165) is 18.5 Å². The first-order valence-corrected chi connectivity index (χ1v) is 11.7. The molecule has 2 aromatic rings.